The zero-order chi connectivity index (χ0) is 65.5. The van der Waals surface area contributed by atoms with Crippen LogP contribution in [0.2, 0.25) is 0 Å². The number of carbonyl (C=O) groups is 8. The third-order valence-electron chi connectivity index (χ3n) is 16.0. The van der Waals surface area contributed by atoms with Crippen LogP contribution in [0.5, 0.6) is 17.4 Å². The minimum atomic E-state index is -0.821. The molecule has 2 atom stereocenters. The lowest BCUT2D eigenvalue weighted by atomic mass is 9.88. The first-order valence-electron chi connectivity index (χ1n) is 30.9. The second-order valence-corrected chi connectivity index (χ2v) is 24.6. The van der Waals surface area contributed by atoms with Crippen molar-refractivity contribution in [1.82, 2.24) is 65.7 Å². The van der Waals surface area contributed by atoms with E-state index in [0.29, 0.717) is 60.5 Å². The van der Waals surface area contributed by atoms with Crippen molar-refractivity contribution < 1.29 is 62.0 Å². The number of aryl methyl sites for hydroxylation is 3. The number of nitrogens with two attached hydrogens (primary N) is 1. The number of hydrogen-bond donors (Lipinski definition) is 6. The highest BCUT2D eigenvalue weighted by atomic mass is 16.5. The van der Waals surface area contributed by atoms with Crippen molar-refractivity contribution in [2.75, 3.05) is 65.0 Å². The van der Waals surface area contributed by atoms with Crippen molar-refractivity contribution >= 4 is 53.0 Å². The molecule has 2 aromatic carbocycles. The summed E-state index contributed by atoms with van der Waals surface area (Å²) < 4.78 is 30.9. The number of amides is 7. The Hall–Kier alpha value is -9.57. The number of H-pyrrole nitrogens is 1. The number of nitrogens with one attached hydrogen (secondary N) is 5. The number of pyridine rings is 1. The number of methoxy groups -OCH3 is 1. The lowest BCUT2D eigenvalue weighted by molar-refractivity contribution is -0.151. The zero-order valence-corrected chi connectivity index (χ0v) is 52.7. The van der Waals surface area contributed by atoms with Crippen molar-refractivity contribution in [2.24, 2.45) is 28.9 Å². The van der Waals surface area contributed by atoms with Crippen LogP contribution in [-0.2, 0) is 62.7 Å². The number of ether oxygens (including phenoxy) is 5. The summed E-state index contributed by atoms with van der Waals surface area (Å²) in [7, 11) is 1.27. The molecule has 0 bridgehead atoms. The molecular formula is C64H81N15O13. The van der Waals surface area contributed by atoms with Gasteiger partial charge in [0, 0.05) is 74.2 Å². The largest absolute Gasteiger partial charge is 0.484 e. The third-order valence-corrected chi connectivity index (χ3v) is 16.0. The fraction of sp³-hybridized carbons (Fsp3) is 0.484. The topological polar surface area (TPSA) is 353 Å². The molecule has 92 heavy (non-hydrogen) atoms. The molecule has 5 heterocycles. The first-order valence-corrected chi connectivity index (χ1v) is 30.9. The second-order valence-electron chi connectivity index (χ2n) is 24.6. The van der Waals surface area contributed by atoms with Gasteiger partial charge in [-0.05, 0) is 124 Å². The summed E-state index contributed by atoms with van der Waals surface area (Å²) in [6.07, 6.45) is 9.77. The van der Waals surface area contributed by atoms with E-state index in [4.69, 9.17) is 29.4 Å². The Bertz CT molecular complexity index is 3520. The van der Waals surface area contributed by atoms with Crippen LogP contribution in [-0.4, -0.2) is 175 Å². The third kappa shape index (κ3) is 19.2. The highest BCUT2D eigenvalue weighted by Gasteiger charge is 2.48. The van der Waals surface area contributed by atoms with Crippen LogP contribution in [0.4, 0.5) is 5.69 Å². The predicted octanol–water partition coefficient (Wildman–Crippen LogP) is 4.28. The average molecular weight is 1270 g/mol. The van der Waals surface area contributed by atoms with Crippen molar-refractivity contribution in [2.45, 2.75) is 117 Å². The molecule has 28 nitrogen and oxygen atoms in total. The van der Waals surface area contributed by atoms with Crippen LogP contribution < -0.4 is 36.5 Å². The van der Waals surface area contributed by atoms with Gasteiger partial charge in [-0.25, -0.2) is 14.5 Å². The van der Waals surface area contributed by atoms with Gasteiger partial charge >= 0.3 is 5.97 Å². The van der Waals surface area contributed by atoms with Gasteiger partial charge in [-0.2, -0.15) is 10.2 Å². The van der Waals surface area contributed by atoms with E-state index in [1.807, 2.05) is 58.9 Å². The van der Waals surface area contributed by atoms with Gasteiger partial charge < -0.3 is 60.5 Å². The van der Waals surface area contributed by atoms with Crippen LogP contribution in [0.25, 0.3) is 11.1 Å². The molecule has 6 aromatic rings. The van der Waals surface area contributed by atoms with E-state index in [2.05, 4.69) is 51.9 Å². The van der Waals surface area contributed by atoms with E-state index in [1.54, 1.807) is 46.2 Å². The summed E-state index contributed by atoms with van der Waals surface area (Å²) in [5.41, 5.74) is 10.8. The number of benzene rings is 2. The molecule has 3 aliphatic rings. The Morgan fingerprint density at radius 3 is 2.32 bits per heavy atom. The van der Waals surface area contributed by atoms with Gasteiger partial charge in [-0.3, -0.25) is 43.3 Å². The quantitative estimate of drug-likeness (QED) is 0.0242. The van der Waals surface area contributed by atoms with Gasteiger partial charge in [-0.1, -0.05) is 44.2 Å². The maximum atomic E-state index is 14.1. The highest BCUT2D eigenvalue weighted by Crippen LogP contribution is 2.51. The van der Waals surface area contributed by atoms with Crippen LogP contribution in [0.3, 0.4) is 0 Å². The van der Waals surface area contributed by atoms with Crippen molar-refractivity contribution in [3.63, 3.8) is 0 Å². The smallest absolute Gasteiger partial charge is 0.328 e. The Morgan fingerprint density at radius 1 is 0.891 bits per heavy atom. The van der Waals surface area contributed by atoms with Gasteiger partial charge in [0.15, 0.2) is 6.61 Å². The lowest BCUT2D eigenvalue weighted by Gasteiger charge is -2.39. The number of rotatable bonds is 34. The summed E-state index contributed by atoms with van der Waals surface area (Å²) in [5, 5.41) is 31.5. The molecule has 0 unspecified atom stereocenters. The molecule has 1 saturated heterocycles. The van der Waals surface area contributed by atoms with Crippen molar-refractivity contribution in [3.05, 3.63) is 114 Å². The van der Waals surface area contributed by atoms with Gasteiger partial charge in [-0.15, -0.1) is 5.10 Å². The molecule has 28 heteroatoms. The molecule has 7 N–H and O–H groups in total. The van der Waals surface area contributed by atoms with Gasteiger partial charge in [0.1, 0.15) is 48.1 Å². The zero-order valence-electron chi connectivity index (χ0n) is 52.7. The lowest BCUT2D eigenvalue weighted by Crippen LogP contribution is -2.56. The molecule has 3 fully saturated rings. The SMILES string of the molecule is COC(=O)[C@H](CCC(C)(C)C)NC(=O)c1ccc(Oc2cccc(OCC(=O)N(CCOC3CN(C(=O)COCc4cn(CC(=O)NCCCn5nccc5C(=O)N[C@H](C(=O)Nc5ccc(-c6c(C)n[nH]c6C)cc5)C(C5CC5)C5CC5)nn4)C3)CC(N)=O)c2)nc1. The number of esters is 1. The van der Waals surface area contributed by atoms with Crippen LogP contribution >= 0.6 is 0 Å². The minimum Gasteiger partial charge on any atom is -0.484 e. The summed E-state index contributed by atoms with van der Waals surface area (Å²) in [6.45, 7) is 10.1. The Morgan fingerprint density at radius 2 is 1.64 bits per heavy atom. The summed E-state index contributed by atoms with van der Waals surface area (Å²) in [6, 6.07) is 17.2. The molecule has 1 aliphatic heterocycles. The number of carbonyl (C=O) groups excluding carboxylic acids is 8. The molecular weight excluding hydrogens is 1190 g/mol. The number of primary amides is 1. The average Bonchev–Trinajstić information content (AvgIpc) is 1.65. The number of aromatic amines is 1. The van der Waals surface area contributed by atoms with E-state index in [9.17, 15) is 38.4 Å². The van der Waals surface area contributed by atoms with Crippen LogP contribution in [0, 0.1) is 37.0 Å². The first kappa shape index (κ1) is 66.8. The Labute approximate surface area is 532 Å². The Kier molecular flexibility index (Phi) is 22.5. The van der Waals surface area contributed by atoms with Crippen molar-refractivity contribution in [3.8, 4) is 28.5 Å². The molecule has 7 amide bonds. The second kappa shape index (κ2) is 31.0. The molecule has 0 radical (unpaired) electrons. The number of aromatic nitrogens is 8. The van der Waals surface area contributed by atoms with Crippen LogP contribution in [0.1, 0.15) is 104 Å². The van der Waals surface area contributed by atoms with Gasteiger partial charge in [0.2, 0.25) is 29.5 Å². The number of anilines is 1. The highest BCUT2D eigenvalue weighted by molar-refractivity contribution is 6.01. The molecule has 9 rings (SSSR count). The molecule has 0 spiro atoms. The summed E-state index contributed by atoms with van der Waals surface area (Å²) >= 11 is 0. The number of likely N-dealkylation sites (tertiary alicyclic amines) is 1. The predicted molar refractivity (Wildman–Crippen MR) is 332 cm³/mol. The summed E-state index contributed by atoms with van der Waals surface area (Å²) in [4.78, 5) is 111. The van der Waals surface area contributed by atoms with E-state index in [0.717, 1.165) is 48.2 Å². The van der Waals surface area contributed by atoms with E-state index in [-0.39, 0.29) is 111 Å². The van der Waals surface area contributed by atoms with Gasteiger partial charge in [0.05, 0.1) is 50.4 Å². The molecule has 2 saturated carbocycles. The molecule has 490 valence electrons. The van der Waals surface area contributed by atoms with Gasteiger partial charge in [0.25, 0.3) is 17.7 Å². The fourth-order valence-corrected chi connectivity index (χ4v) is 10.9. The normalized spacial score (nSPS) is 14.6. The maximum absolute atomic E-state index is 14.1. The number of nitrogens with zero attached hydrogens (tertiary/aromatic N) is 9. The standard InChI is InChI=1S/C64H81N15O13/c1-39-57(40(2)73-72-39)41-15-18-45(19-16-41)69-62(86)59(58(42-11-12-42)43-13-14-43)71-61(85)51-22-25-68-79(51)26-8-24-66-53(81)35-78-31-46(74-75-78)36-89-37-55(82)77-32-49(33-77)90-28-27-76(34-52(65)80)56(83)38-91-47-9-7-10-48(29-47)92-54-20-17-44(30-67-54)60(84)70-50(63(87)88-6)21-23-64(3,4)5/h7,9-10,15-20,22,25,29-31,42-43,49-50,58-59H,8,11-14,21,23-24,26-28,32-38H2,1-6H3,(H2,65,80)(H,66,81)(H,69,86)(H,70,84)(H,71,85)(H,72,73)/t50-,59-/m0/s1. The molecule has 2 aliphatic carbocycles. The maximum Gasteiger partial charge on any atom is 0.328 e. The monoisotopic (exact) mass is 1270 g/mol. The van der Waals surface area contributed by atoms with Crippen LogP contribution in [0.15, 0.2) is 85.3 Å². The van der Waals surface area contributed by atoms with E-state index >= 15 is 0 Å². The van der Waals surface area contributed by atoms with E-state index in [1.165, 1.54) is 41.1 Å². The fourth-order valence-electron chi connectivity index (χ4n) is 10.9. The van der Waals surface area contributed by atoms with E-state index < -0.39 is 48.3 Å². The molecule has 4 aromatic heterocycles. The first-order chi connectivity index (χ1) is 44.2. The summed E-state index contributed by atoms with van der Waals surface area (Å²) in [5.74, 6) is -1.96. The van der Waals surface area contributed by atoms with Crippen molar-refractivity contribution in [1.29, 1.82) is 0 Å². The Balaban J connectivity index is 0.636. The number of hydrogen-bond acceptors (Lipinski definition) is 18. The minimum absolute atomic E-state index is 0.0245.